The van der Waals surface area contributed by atoms with Crippen LogP contribution in [0.2, 0.25) is 0 Å². The van der Waals surface area contributed by atoms with E-state index in [0.717, 1.165) is 9.80 Å². The molecule has 2 unspecified atom stereocenters. The summed E-state index contributed by atoms with van der Waals surface area (Å²) in [6, 6.07) is 0. The fourth-order valence-electron chi connectivity index (χ4n) is 1.91. The Labute approximate surface area is 136 Å². The molecule has 12 nitrogen and oxygen atoms in total. The molecule has 0 aromatic heterocycles. The highest BCUT2D eigenvalue weighted by Crippen LogP contribution is 2.02. The number of carboxylic acid groups (broad SMARTS) is 4. The lowest BCUT2D eigenvalue weighted by Crippen LogP contribution is -2.48. The van der Waals surface area contributed by atoms with Gasteiger partial charge in [0.05, 0.1) is 38.4 Å². The predicted octanol–water partition coefficient (Wildman–Crippen LogP) is -3.35. The average Bonchev–Trinajstić information content (AvgIpc) is 2.34. The van der Waals surface area contributed by atoms with Gasteiger partial charge in [-0.05, 0) is 0 Å². The van der Waals surface area contributed by atoms with Crippen molar-refractivity contribution in [2.45, 2.75) is 12.2 Å². The Kier molecular flexibility index (Phi) is 9.49. The second-order valence-electron chi connectivity index (χ2n) is 5.05. The van der Waals surface area contributed by atoms with Crippen molar-refractivity contribution < 1.29 is 49.8 Å². The minimum absolute atomic E-state index is 0.506. The molecular weight excluding hydrogens is 332 g/mol. The Morgan fingerprint density at radius 2 is 0.792 bits per heavy atom. The van der Waals surface area contributed by atoms with Gasteiger partial charge in [0.2, 0.25) is 0 Å². The summed E-state index contributed by atoms with van der Waals surface area (Å²) >= 11 is 0. The Morgan fingerprint density at radius 1 is 0.583 bits per heavy atom. The molecule has 0 spiro atoms. The summed E-state index contributed by atoms with van der Waals surface area (Å²) < 4.78 is 0. The third kappa shape index (κ3) is 10.4. The van der Waals surface area contributed by atoms with Crippen molar-refractivity contribution in [3.05, 3.63) is 0 Å². The number of aliphatic hydroxyl groups is 2. The largest absolute Gasteiger partial charge is 0.480 e. The van der Waals surface area contributed by atoms with Gasteiger partial charge in [0.1, 0.15) is 0 Å². The number of rotatable bonds is 13. The minimum atomic E-state index is -1.60. The summed E-state index contributed by atoms with van der Waals surface area (Å²) in [5, 5.41) is 54.4. The van der Waals surface area contributed by atoms with Crippen molar-refractivity contribution >= 4 is 23.9 Å². The zero-order valence-corrected chi connectivity index (χ0v) is 12.6. The number of nitrogens with zero attached hydrogens (tertiary/aromatic N) is 2. The Morgan fingerprint density at radius 3 is 0.958 bits per heavy atom. The first-order chi connectivity index (χ1) is 11.0. The zero-order valence-electron chi connectivity index (χ0n) is 12.6. The maximum absolute atomic E-state index is 10.6. The van der Waals surface area contributed by atoms with Gasteiger partial charge < -0.3 is 30.6 Å². The molecule has 138 valence electrons. The first kappa shape index (κ1) is 21.7. The number of aliphatic carboxylic acids is 4. The van der Waals surface area contributed by atoms with Crippen LogP contribution in [0.4, 0.5) is 0 Å². The molecule has 0 aliphatic heterocycles. The van der Waals surface area contributed by atoms with E-state index in [1.54, 1.807) is 0 Å². The lowest BCUT2D eigenvalue weighted by molar-refractivity contribution is -0.146. The van der Waals surface area contributed by atoms with Gasteiger partial charge >= 0.3 is 23.9 Å². The quantitative estimate of drug-likeness (QED) is 0.193. The minimum Gasteiger partial charge on any atom is -0.480 e. The van der Waals surface area contributed by atoms with Gasteiger partial charge in [0, 0.05) is 13.1 Å². The molecule has 12 heteroatoms. The Bertz CT molecular complexity index is 395. The Balaban J connectivity index is 4.75. The summed E-state index contributed by atoms with van der Waals surface area (Å²) in [6.45, 7) is -3.77. The molecule has 0 fully saturated rings. The van der Waals surface area contributed by atoms with Gasteiger partial charge in [0.25, 0.3) is 0 Å². The zero-order chi connectivity index (χ0) is 18.9. The van der Waals surface area contributed by atoms with Crippen LogP contribution in [0.15, 0.2) is 0 Å². The molecule has 0 aromatic carbocycles. The molecule has 0 rings (SSSR count). The summed E-state index contributed by atoms with van der Waals surface area (Å²) in [4.78, 5) is 44.3. The first-order valence-corrected chi connectivity index (χ1v) is 6.69. The van der Waals surface area contributed by atoms with Gasteiger partial charge in [-0.1, -0.05) is 0 Å². The monoisotopic (exact) mass is 352 g/mol. The molecule has 2 atom stereocenters. The van der Waals surface area contributed by atoms with Gasteiger partial charge in [0.15, 0.2) is 0 Å². The van der Waals surface area contributed by atoms with Crippen molar-refractivity contribution in [1.29, 1.82) is 0 Å². The van der Waals surface area contributed by atoms with Crippen LogP contribution in [0.3, 0.4) is 0 Å². The normalized spacial score (nSPS) is 13.7. The van der Waals surface area contributed by atoms with Gasteiger partial charge in [-0.2, -0.15) is 0 Å². The summed E-state index contributed by atoms with van der Waals surface area (Å²) in [5.74, 6) is -5.35. The van der Waals surface area contributed by atoms with Crippen LogP contribution >= 0.6 is 0 Å². The molecular formula is C12H20N2O10. The number of carboxylic acids is 4. The maximum Gasteiger partial charge on any atom is 0.317 e. The third-order valence-electron chi connectivity index (χ3n) is 2.77. The number of carbonyl (C=O) groups is 4. The van der Waals surface area contributed by atoms with E-state index in [1.165, 1.54) is 0 Å². The molecule has 0 bridgehead atoms. The van der Waals surface area contributed by atoms with Crippen molar-refractivity contribution in [1.82, 2.24) is 9.80 Å². The fourth-order valence-corrected chi connectivity index (χ4v) is 1.91. The smallest absolute Gasteiger partial charge is 0.317 e. The lowest BCUT2D eigenvalue weighted by atomic mass is 10.1. The van der Waals surface area contributed by atoms with Crippen molar-refractivity contribution in [2.75, 3.05) is 39.3 Å². The van der Waals surface area contributed by atoms with Crippen LogP contribution < -0.4 is 0 Å². The molecule has 0 radical (unpaired) electrons. The molecule has 24 heavy (non-hydrogen) atoms. The summed E-state index contributed by atoms with van der Waals surface area (Å²) in [6.07, 6.45) is -3.21. The highest BCUT2D eigenvalue weighted by molar-refractivity contribution is 5.73. The van der Waals surface area contributed by atoms with Crippen LogP contribution in [-0.2, 0) is 19.2 Å². The average molecular weight is 352 g/mol. The second-order valence-corrected chi connectivity index (χ2v) is 5.05. The number of hydrogen-bond acceptors (Lipinski definition) is 8. The van der Waals surface area contributed by atoms with E-state index in [1.807, 2.05) is 0 Å². The molecule has 6 N–H and O–H groups in total. The molecule has 0 saturated carbocycles. The van der Waals surface area contributed by atoms with Crippen LogP contribution in [0.1, 0.15) is 0 Å². The maximum atomic E-state index is 10.6. The standard InChI is InChI=1S/C12H20N2O10/c15-7(1-13(3-9(17)18)4-10(19)20)8(16)2-14(5-11(21)22)6-12(23)24/h7-8,15-16H,1-6H2,(H,17,18)(H,19,20)(H,21,22)(H,23,24). The summed E-state index contributed by atoms with van der Waals surface area (Å²) in [7, 11) is 0. The van der Waals surface area contributed by atoms with Gasteiger partial charge in [-0.3, -0.25) is 29.0 Å². The van der Waals surface area contributed by atoms with Crippen LogP contribution in [-0.4, -0.2) is 116 Å². The van der Waals surface area contributed by atoms with Crippen LogP contribution in [0.5, 0.6) is 0 Å². The second kappa shape index (κ2) is 10.5. The van der Waals surface area contributed by atoms with E-state index in [4.69, 9.17) is 20.4 Å². The van der Waals surface area contributed by atoms with Gasteiger partial charge in [-0.25, -0.2) is 0 Å². The van der Waals surface area contributed by atoms with Crippen molar-refractivity contribution in [3.63, 3.8) is 0 Å². The molecule has 0 aromatic rings. The van der Waals surface area contributed by atoms with Crippen LogP contribution in [0.25, 0.3) is 0 Å². The first-order valence-electron chi connectivity index (χ1n) is 6.69. The molecule has 0 aliphatic carbocycles. The highest BCUT2D eigenvalue weighted by Gasteiger charge is 2.25. The molecule has 0 aliphatic rings. The predicted molar refractivity (Wildman–Crippen MR) is 75.4 cm³/mol. The van der Waals surface area contributed by atoms with E-state index >= 15 is 0 Å². The lowest BCUT2D eigenvalue weighted by Gasteiger charge is -2.28. The molecule has 0 amide bonds. The summed E-state index contributed by atoms with van der Waals surface area (Å²) in [5.41, 5.74) is 0. The number of hydrogen-bond donors (Lipinski definition) is 6. The van der Waals surface area contributed by atoms with E-state index in [-0.39, 0.29) is 0 Å². The van der Waals surface area contributed by atoms with Crippen LogP contribution in [0, 0.1) is 0 Å². The highest BCUT2D eigenvalue weighted by atomic mass is 16.4. The van der Waals surface area contributed by atoms with E-state index in [0.29, 0.717) is 0 Å². The SMILES string of the molecule is O=C(O)CN(CC(=O)O)CC(O)C(O)CN(CC(=O)O)CC(=O)O. The topological polar surface area (TPSA) is 196 Å². The molecule has 0 heterocycles. The third-order valence-corrected chi connectivity index (χ3v) is 2.77. The fraction of sp³-hybridized carbons (Fsp3) is 0.667. The van der Waals surface area contributed by atoms with Crippen molar-refractivity contribution in [3.8, 4) is 0 Å². The van der Waals surface area contributed by atoms with Crippen molar-refractivity contribution in [2.24, 2.45) is 0 Å². The van der Waals surface area contributed by atoms with E-state index in [9.17, 15) is 29.4 Å². The van der Waals surface area contributed by atoms with Gasteiger partial charge in [-0.15, -0.1) is 0 Å². The molecule has 0 saturated heterocycles. The number of aliphatic hydroxyl groups excluding tert-OH is 2. The van der Waals surface area contributed by atoms with E-state index in [2.05, 4.69) is 0 Å². The Hall–Kier alpha value is -2.28. The van der Waals surface area contributed by atoms with E-state index < -0.39 is 75.4 Å².